The molecule has 2 aromatic rings. The van der Waals surface area contributed by atoms with E-state index in [9.17, 15) is 4.79 Å². The van der Waals surface area contributed by atoms with Crippen molar-refractivity contribution in [1.29, 1.82) is 0 Å². The van der Waals surface area contributed by atoms with Crippen LogP contribution in [0.5, 0.6) is 5.75 Å². The predicted molar refractivity (Wildman–Crippen MR) is 157 cm³/mol. The highest BCUT2D eigenvalue weighted by Gasteiger charge is 2.39. The lowest BCUT2D eigenvalue weighted by Gasteiger charge is -2.38. The number of rotatable bonds is 12. The largest absolute Gasteiger partial charge is 0.493 e. The van der Waals surface area contributed by atoms with E-state index in [1.54, 1.807) is 24.3 Å². The summed E-state index contributed by atoms with van der Waals surface area (Å²) in [5.41, 5.74) is 2.53. The summed E-state index contributed by atoms with van der Waals surface area (Å²) in [6.07, 6.45) is 9.08. The molecular weight excluding hydrogens is 490 g/mol. The number of benzene rings is 2. The average Bonchev–Trinajstić information content (AvgIpc) is 3.00. The fourth-order valence-electron chi connectivity index (χ4n) is 5.36. The van der Waals surface area contributed by atoms with Crippen molar-refractivity contribution < 1.29 is 28.1 Å². The molecule has 210 valence electrons. The Morgan fingerprint density at radius 3 is 1.49 bits per heavy atom. The highest BCUT2D eigenvalue weighted by Crippen LogP contribution is 2.34. The Hall–Kier alpha value is -2.12. The van der Waals surface area contributed by atoms with Gasteiger partial charge in [-0.3, -0.25) is 0 Å². The summed E-state index contributed by atoms with van der Waals surface area (Å²) in [4.78, 5) is 12.8. The third-order valence-corrected chi connectivity index (χ3v) is 8.57. The van der Waals surface area contributed by atoms with Crippen molar-refractivity contribution in [3.8, 4) is 5.75 Å². The molecule has 0 unspecified atom stereocenters. The van der Waals surface area contributed by atoms with Gasteiger partial charge in [0.05, 0.1) is 5.56 Å². The van der Waals surface area contributed by atoms with Crippen LogP contribution in [-0.2, 0) is 18.6 Å². The van der Waals surface area contributed by atoms with Gasteiger partial charge in [-0.25, -0.2) is 4.79 Å². The summed E-state index contributed by atoms with van der Waals surface area (Å²) in [6.45, 7) is 11.6. The second-order valence-corrected chi connectivity index (χ2v) is 11.4. The Labute approximate surface area is 235 Å². The number of carbonyl (C=O) groups excluding carboxylic acids is 1. The van der Waals surface area contributed by atoms with E-state index >= 15 is 0 Å². The molecule has 2 aliphatic rings. The minimum Gasteiger partial charge on any atom is -0.423 e. The lowest BCUT2D eigenvalue weighted by molar-refractivity contribution is -0.000281. The van der Waals surface area contributed by atoms with E-state index in [0.717, 1.165) is 36.6 Å². The molecule has 0 saturated carbocycles. The highest BCUT2D eigenvalue weighted by atomic mass is 16.6. The summed E-state index contributed by atoms with van der Waals surface area (Å²) < 4.78 is 30.0. The van der Waals surface area contributed by atoms with Crippen molar-refractivity contribution in [2.75, 3.05) is 26.4 Å². The van der Waals surface area contributed by atoms with E-state index in [1.807, 2.05) is 24.3 Å². The maximum Gasteiger partial charge on any atom is 0.493 e. The second kappa shape index (κ2) is 14.0. The Kier molecular flexibility index (Phi) is 10.7. The van der Waals surface area contributed by atoms with Gasteiger partial charge in [0.15, 0.2) is 0 Å². The maximum atomic E-state index is 12.8. The molecule has 2 heterocycles. The molecule has 0 amide bonds. The molecule has 0 atom stereocenters. The van der Waals surface area contributed by atoms with Gasteiger partial charge in [0.2, 0.25) is 0 Å². The molecular formula is C31H44B2O6. The number of carbonyl (C=O) groups is 1. The molecule has 2 saturated heterocycles. The van der Waals surface area contributed by atoms with Crippen LogP contribution in [0.15, 0.2) is 48.5 Å². The molecule has 6 nitrogen and oxygen atoms in total. The first-order valence-corrected chi connectivity index (χ1v) is 14.8. The summed E-state index contributed by atoms with van der Waals surface area (Å²) in [5, 5.41) is 0. The summed E-state index contributed by atoms with van der Waals surface area (Å²) in [6, 6.07) is 14.7. The van der Waals surface area contributed by atoms with Crippen LogP contribution in [0.1, 0.15) is 89.4 Å². The van der Waals surface area contributed by atoms with Gasteiger partial charge in [-0.2, -0.15) is 0 Å². The Morgan fingerprint density at radius 1 is 0.692 bits per heavy atom. The van der Waals surface area contributed by atoms with Crippen LogP contribution in [0.25, 0.3) is 0 Å². The monoisotopic (exact) mass is 534 g/mol. The van der Waals surface area contributed by atoms with Gasteiger partial charge in [0.25, 0.3) is 0 Å². The molecule has 2 fully saturated rings. The molecule has 0 N–H and O–H groups in total. The van der Waals surface area contributed by atoms with Crippen LogP contribution in [0.4, 0.5) is 0 Å². The Morgan fingerprint density at radius 2 is 1.10 bits per heavy atom. The zero-order chi connectivity index (χ0) is 27.7. The number of ether oxygens (including phenoxy) is 1. The topological polar surface area (TPSA) is 63.2 Å². The van der Waals surface area contributed by atoms with Crippen LogP contribution in [-0.4, -0.2) is 46.6 Å². The van der Waals surface area contributed by atoms with Crippen LogP contribution in [0, 0.1) is 10.8 Å². The summed E-state index contributed by atoms with van der Waals surface area (Å²) in [5.74, 6) is 0.0783. The summed E-state index contributed by atoms with van der Waals surface area (Å²) >= 11 is 0. The Balaban J connectivity index is 1.28. The van der Waals surface area contributed by atoms with Gasteiger partial charge in [-0.05, 0) is 60.9 Å². The summed E-state index contributed by atoms with van der Waals surface area (Å²) in [7, 11) is -0.788. The SMILES string of the molecule is CCCCC1(CC)COB(c2ccc(OC(=O)c3ccc(B4OCC(CC)(CCCC)CO4)cc3)cc2)OC1. The minimum atomic E-state index is -0.404. The fourth-order valence-corrected chi connectivity index (χ4v) is 5.36. The van der Waals surface area contributed by atoms with Crippen molar-refractivity contribution in [3.63, 3.8) is 0 Å². The van der Waals surface area contributed by atoms with E-state index < -0.39 is 13.1 Å². The van der Waals surface area contributed by atoms with Crippen LogP contribution < -0.4 is 15.7 Å². The van der Waals surface area contributed by atoms with E-state index in [-0.39, 0.29) is 17.9 Å². The van der Waals surface area contributed by atoms with Crippen molar-refractivity contribution in [1.82, 2.24) is 0 Å². The molecule has 0 radical (unpaired) electrons. The van der Waals surface area contributed by atoms with E-state index in [1.165, 1.54) is 25.7 Å². The molecule has 0 aromatic heterocycles. The first kappa shape index (κ1) is 29.9. The minimum absolute atomic E-state index is 0.107. The third kappa shape index (κ3) is 7.55. The number of hydrogen-bond acceptors (Lipinski definition) is 6. The molecule has 39 heavy (non-hydrogen) atoms. The zero-order valence-electron chi connectivity index (χ0n) is 24.2. The molecule has 8 heteroatoms. The third-order valence-electron chi connectivity index (χ3n) is 8.57. The standard InChI is InChI=1S/C31H44B2O6/c1-5-9-19-30(7-3)21-35-32(36-22-30)26-13-11-25(12-14-26)29(34)39-28-17-15-27(16-18-28)33-37-23-31(8-4,24-38-33)20-10-6-2/h11-18H,5-10,19-24H2,1-4H3. The number of unbranched alkanes of at least 4 members (excludes halogenated alkanes) is 2. The lowest BCUT2D eigenvalue weighted by atomic mass is 9.73. The molecule has 0 spiro atoms. The van der Waals surface area contributed by atoms with Crippen LogP contribution in [0.2, 0.25) is 0 Å². The average molecular weight is 534 g/mol. The van der Waals surface area contributed by atoms with Crippen LogP contribution in [0.3, 0.4) is 0 Å². The zero-order valence-corrected chi connectivity index (χ0v) is 24.2. The van der Waals surface area contributed by atoms with E-state index in [0.29, 0.717) is 37.7 Å². The normalized spacial score (nSPS) is 18.7. The van der Waals surface area contributed by atoms with E-state index in [2.05, 4.69) is 27.7 Å². The Bertz CT molecular complexity index is 1030. The van der Waals surface area contributed by atoms with Gasteiger partial charge < -0.3 is 23.4 Å². The van der Waals surface area contributed by atoms with Gasteiger partial charge in [-0.15, -0.1) is 0 Å². The number of esters is 1. The maximum absolute atomic E-state index is 12.8. The second-order valence-electron chi connectivity index (χ2n) is 11.4. The fraction of sp³-hybridized carbons (Fsp3) is 0.581. The van der Waals surface area contributed by atoms with Gasteiger partial charge in [0, 0.05) is 37.3 Å². The molecule has 2 aromatic carbocycles. The van der Waals surface area contributed by atoms with Gasteiger partial charge >= 0.3 is 20.2 Å². The molecule has 0 aliphatic carbocycles. The van der Waals surface area contributed by atoms with Crippen molar-refractivity contribution in [3.05, 3.63) is 54.1 Å². The van der Waals surface area contributed by atoms with E-state index in [4.69, 9.17) is 23.4 Å². The van der Waals surface area contributed by atoms with Crippen molar-refractivity contribution >= 4 is 31.1 Å². The number of hydrogen-bond donors (Lipinski definition) is 0. The highest BCUT2D eigenvalue weighted by molar-refractivity contribution is 6.61. The van der Waals surface area contributed by atoms with Crippen LogP contribution >= 0.6 is 0 Å². The van der Waals surface area contributed by atoms with Crippen molar-refractivity contribution in [2.24, 2.45) is 10.8 Å². The van der Waals surface area contributed by atoms with Crippen molar-refractivity contribution in [2.45, 2.75) is 79.1 Å². The first-order valence-electron chi connectivity index (χ1n) is 14.8. The quantitative estimate of drug-likeness (QED) is 0.202. The molecule has 4 rings (SSSR count). The van der Waals surface area contributed by atoms with Gasteiger partial charge in [0.1, 0.15) is 5.75 Å². The lowest BCUT2D eigenvalue weighted by Crippen LogP contribution is -2.49. The first-order chi connectivity index (χ1) is 18.9. The molecule has 0 bridgehead atoms. The predicted octanol–water partition coefficient (Wildman–Crippen LogP) is 5.56. The van der Waals surface area contributed by atoms with Gasteiger partial charge in [-0.1, -0.05) is 77.6 Å². The smallest absolute Gasteiger partial charge is 0.423 e. The molecule has 2 aliphatic heterocycles.